The molecule has 0 amide bonds. The summed E-state index contributed by atoms with van der Waals surface area (Å²) in [7, 11) is 0. The van der Waals surface area contributed by atoms with E-state index in [1.807, 2.05) is 0 Å². The van der Waals surface area contributed by atoms with Gasteiger partial charge < -0.3 is 5.32 Å². The van der Waals surface area contributed by atoms with Crippen LogP contribution in [0.15, 0.2) is 12.2 Å². The van der Waals surface area contributed by atoms with Crippen LogP contribution in [-0.4, -0.2) is 13.1 Å². The molecule has 1 heteroatoms. The lowest BCUT2D eigenvalue weighted by atomic mass is 9.96. The fraction of sp³-hybridized carbons (Fsp3) is 0.778. The summed E-state index contributed by atoms with van der Waals surface area (Å²) in [5.74, 6) is 0.907. The zero-order valence-electron chi connectivity index (χ0n) is 6.77. The predicted octanol–water partition coefficient (Wildman–Crippen LogP) is 1.95. The van der Waals surface area contributed by atoms with Gasteiger partial charge in [0.1, 0.15) is 0 Å². The monoisotopic (exact) mass is 139 g/mol. The van der Waals surface area contributed by atoms with Crippen molar-refractivity contribution in [3.8, 4) is 0 Å². The molecule has 58 valence electrons. The topological polar surface area (TPSA) is 12.0 Å². The summed E-state index contributed by atoms with van der Waals surface area (Å²) < 4.78 is 0. The molecule has 0 spiro atoms. The van der Waals surface area contributed by atoms with Crippen molar-refractivity contribution in [3.05, 3.63) is 12.2 Å². The van der Waals surface area contributed by atoms with Crippen molar-refractivity contribution in [2.45, 2.75) is 26.2 Å². The van der Waals surface area contributed by atoms with Crippen LogP contribution in [0.3, 0.4) is 0 Å². The van der Waals surface area contributed by atoms with E-state index in [0.29, 0.717) is 0 Å². The molecule has 0 aliphatic carbocycles. The third-order valence-electron chi connectivity index (χ3n) is 2.10. The summed E-state index contributed by atoms with van der Waals surface area (Å²) in [4.78, 5) is 0. The lowest BCUT2D eigenvalue weighted by Gasteiger charge is -2.20. The van der Waals surface area contributed by atoms with Gasteiger partial charge in [-0.15, -0.1) is 0 Å². The Labute approximate surface area is 63.5 Å². The van der Waals surface area contributed by atoms with E-state index in [4.69, 9.17) is 0 Å². The molecule has 0 saturated carbocycles. The van der Waals surface area contributed by atoms with Crippen LogP contribution in [-0.2, 0) is 0 Å². The van der Waals surface area contributed by atoms with Gasteiger partial charge in [0.2, 0.25) is 0 Å². The van der Waals surface area contributed by atoms with Gasteiger partial charge >= 0.3 is 0 Å². The predicted molar refractivity (Wildman–Crippen MR) is 45.0 cm³/mol. The van der Waals surface area contributed by atoms with Gasteiger partial charge in [-0.2, -0.15) is 0 Å². The Hall–Kier alpha value is -0.300. The molecule has 1 rings (SSSR count). The van der Waals surface area contributed by atoms with Crippen molar-refractivity contribution >= 4 is 0 Å². The first-order chi connectivity index (χ1) is 4.93. The first-order valence-corrected chi connectivity index (χ1v) is 4.25. The van der Waals surface area contributed by atoms with Gasteiger partial charge in [-0.05, 0) is 45.2 Å². The summed E-state index contributed by atoms with van der Waals surface area (Å²) in [6, 6.07) is 0. The second-order valence-corrected chi connectivity index (χ2v) is 3.02. The third-order valence-corrected chi connectivity index (χ3v) is 2.10. The Kier molecular flexibility index (Phi) is 3.52. The zero-order chi connectivity index (χ0) is 7.23. The number of allylic oxidation sites excluding steroid dienone is 2. The van der Waals surface area contributed by atoms with Crippen LogP contribution in [0.1, 0.15) is 26.2 Å². The Morgan fingerprint density at radius 3 is 3.10 bits per heavy atom. The molecule has 1 atom stereocenters. The maximum Gasteiger partial charge on any atom is -0.00175 e. The molecule has 1 N–H and O–H groups in total. The van der Waals surface area contributed by atoms with Crippen LogP contribution >= 0.6 is 0 Å². The fourth-order valence-electron chi connectivity index (χ4n) is 1.45. The molecule has 0 bridgehead atoms. The molecule has 1 aliphatic rings. The average Bonchev–Trinajstić information content (AvgIpc) is 2.03. The maximum atomic E-state index is 3.41. The molecule has 1 aliphatic heterocycles. The number of rotatable bonds is 2. The van der Waals surface area contributed by atoms with E-state index in [0.717, 1.165) is 5.92 Å². The Morgan fingerprint density at radius 1 is 1.60 bits per heavy atom. The van der Waals surface area contributed by atoms with Crippen molar-refractivity contribution in [3.63, 3.8) is 0 Å². The van der Waals surface area contributed by atoms with Gasteiger partial charge in [-0.1, -0.05) is 12.2 Å². The van der Waals surface area contributed by atoms with Crippen LogP contribution in [0.25, 0.3) is 0 Å². The van der Waals surface area contributed by atoms with Crippen molar-refractivity contribution in [1.82, 2.24) is 5.32 Å². The molecule has 0 unspecified atom stereocenters. The number of piperidine rings is 1. The van der Waals surface area contributed by atoms with Crippen molar-refractivity contribution in [2.24, 2.45) is 5.92 Å². The highest BCUT2D eigenvalue weighted by Gasteiger charge is 2.09. The normalized spacial score (nSPS) is 27.5. The molecule has 1 saturated heterocycles. The van der Waals surface area contributed by atoms with Gasteiger partial charge in [0.15, 0.2) is 0 Å². The van der Waals surface area contributed by atoms with E-state index in [-0.39, 0.29) is 0 Å². The van der Waals surface area contributed by atoms with E-state index in [1.165, 1.54) is 32.4 Å². The number of hydrogen-bond acceptors (Lipinski definition) is 1. The Balaban J connectivity index is 2.13. The summed E-state index contributed by atoms with van der Waals surface area (Å²) >= 11 is 0. The van der Waals surface area contributed by atoms with E-state index in [9.17, 15) is 0 Å². The van der Waals surface area contributed by atoms with Gasteiger partial charge in [0.05, 0.1) is 0 Å². The standard InChI is InChI=1S/C9H17N/c1-2-3-5-9-6-4-7-10-8-9/h2-3,9-10H,4-8H2,1H3/b3-2+/t9-/m1/s1. The van der Waals surface area contributed by atoms with Crippen LogP contribution in [0, 0.1) is 5.92 Å². The minimum Gasteiger partial charge on any atom is -0.316 e. The molecular weight excluding hydrogens is 122 g/mol. The number of hydrogen-bond donors (Lipinski definition) is 1. The van der Waals surface area contributed by atoms with Gasteiger partial charge in [0.25, 0.3) is 0 Å². The summed E-state index contributed by atoms with van der Waals surface area (Å²) in [6.07, 6.45) is 8.47. The Morgan fingerprint density at radius 2 is 2.50 bits per heavy atom. The van der Waals surface area contributed by atoms with Crippen LogP contribution < -0.4 is 5.32 Å². The average molecular weight is 139 g/mol. The van der Waals surface area contributed by atoms with E-state index >= 15 is 0 Å². The summed E-state index contributed by atoms with van der Waals surface area (Å²) in [5, 5.41) is 3.41. The van der Waals surface area contributed by atoms with E-state index in [2.05, 4.69) is 24.4 Å². The minimum atomic E-state index is 0.907. The molecule has 1 fully saturated rings. The first kappa shape index (κ1) is 7.80. The lowest BCUT2D eigenvalue weighted by molar-refractivity contribution is 0.381. The van der Waals surface area contributed by atoms with Gasteiger partial charge in [-0.25, -0.2) is 0 Å². The highest BCUT2D eigenvalue weighted by atomic mass is 14.9. The SMILES string of the molecule is C/C=C/C[C@@H]1CCCNC1. The molecule has 0 aromatic heterocycles. The van der Waals surface area contributed by atoms with Gasteiger partial charge in [-0.3, -0.25) is 0 Å². The van der Waals surface area contributed by atoms with Gasteiger partial charge in [0, 0.05) is 0 Å². The lowest BCUT2D eigenvalue weighted by Crippen LogP contribution is -2.29. The quantitative estimate of drug-likeness (QED) is 0.577. The number of nitrogens with one attached hydrogen (secondary N) is 1. The smallest absolute Gasteiger partial charge is 0.00175 e. The fourth-order valence-corrected chi connectivity index (χ4v) is 1.45. The van der Waals surface area contributed by atoms with E-state index < -0.39 is 0 Å². The molecule has 1 heterocycles. The van der Waals surface area contributed by atoms with Crippen molar-refractivity contribution in [1.29, 1.82) is 0 Å². The zero-order valence-corrected chi connectivity index (χ0v) is 6.77. The van der Waals surface area contributed by atoms with Crippen molar-refractivity contribution < 1.29 is 0 Å². The van der Waals surface area contributed by atoms with Crippen LogP contribution in [0.5, 0.6) is 0 Å². The molecular formula is C9H17N. The highest BCUT2D eigenvalue weighted by molar-refractivity contribution is 4.82. The Bertz CT molecular complexity index is 101. The molecule has 0 aromatic carbocycles. The summed E-state index contributed by atoms with van der Waals surface area (Å²) in [6.45, 7) is 4.55. The molecule has 0 radical (unpaired) electrons. The van der Waals surface area contributed by atoms with Crippen molar-refractivity contribution in [2.75, 3.05) is 13.1 Å². The third kappa shape index (κ3) is 2.53. The minimum absolute atomic E-state index is 0.907. The maximum absolute atomic E-state index is 3.41. The highest BCUT2D eigenvalue weighted by Crippen LogP contribution is 2.13. The molecule has 0 aromatic rings. The molecule has 1 nitrogen and oxygen atoms in total. The second kappa shape index (κ2) is 4.51. The first-order valence-electron chi connectivity index (χ1n) is 4.25. The summed E-state index contributed by atoms with van der Waals surface area (Å²) in [5.41, 5.74) is 0. The largest absolute Gasteiger partial charge is 0.316 e. The molecule has 10 heavy (non-hydrogen) atoms. The van der Waals surface area contributed by atoms with Crippen LogP contribution in [0.4, 0.5) is 0 Å². The van der Waals surface area contributed by atoms with Crippen LogP contribution in [0.2, 0.25) is 0 Å². The van der Waals surface area contributed by atoms with E-state index in [1.54, 1.807) is 0 Å². The second-order valence-electron chi connectivity index (χ2n) is 3.02.